The van der Waals surface area contributed by atoms with Gasteiger partial charge in [-0.2, -0.15) is 27.1 Å². The van der Waals surface area contributed by atoms with E-state index in [0.717, 1.165) is 17.7 Å². The van der Waals surface area contributed by atoms with Gasteiger partial charge in [0.05, 0.1) is 4.90 Å². The number of halogens is 5. The van der Waals surface area contributed by atoms with E-state index in [2.05, 4.69) is 5.10 Å². The normalized spacial score (nSPS) is 12.9. The molecule has 3 rings (SSSR count). The number of primary sulfonamides is 1. The van der Waals surface area contributed by atoms with E-state index in [1.807, 2.05) is 5.10 Å². The van der Waals surface area contributed by atoms with Crippen molar-refractivity contribution in [1.82, 2.24) is 10.2 Å². The number of hydrogen-bond acceptors (Lipinski definition) is 3. The standard InChI is InChI=1S/C18H14F5N3O2S/c1-10-2-4-11(5-3-10)14-15(12-6-8-13(9-7-12)29(24,27)28)25-26-16(14)17(19,20)18(21,22)23/h2-9H,1H3,(H,25,26)(H2,24,27,28). The van der Waals surface area contributed by atoms with Crippen LogP contribution in [0.25, 0.3) is 22.4 Å². The van der Waals surface area contributed by atoms with Gasteiger partial charge in [0.1, 0.15) is 11.4 Å². The predicted molar refractivity (Wildman–Crippen MR) is 95.5 cm³/mol. The number of alkyl halides is 5. The van der Waals surface area contributed by atoms with Gasteiger partial charge in [-0.05, 0) is 24.6 Å². The third kappa shape index (κ3) is 3.87. The van der Waals surface area contributed by atoms with Crippen molar-refractivity contribution in [3.63, 3.8) is 0 Å². The molecule has 0 radical (unpaired) electrons. The fourth-order valence-corrected chi connectivity index (χ4v) is 3.24. The van der Waals surface area contributed by atoms with Crippen molar-refractivity contribution in [2.75, 3.05) is 0 Å². The molecule has 3 aromatic rings. The van der Waals surface area contributed by atoms with Crippen molar-refractivity contribution in [2.24, 2.45) is 5.14 Å². The maximum atomic E-state index is 14.1. The molecule has 5 nitrogen and oxygen atoms in total. The summed E-state index contributed by atoms with van der Waals surface area (Å²) in [5.41, 5.74) is -1.02. The van der Waals surface area contributed by atoms with E-state index in [1.165, 1.54) is 24.3 Å². The molecule has 0 aliphatic heterocycles. The molecule has 0 unspecified atom stereocenters. The fraction of sp³-hybridized carbons (Fsp3) is 0.167. The minimum Gasteiger partial charge on any atom is -0.275 e. The number of nitrogens with one attached hydrogen (secondary N) is 1. The summed E-state index contributed by atoms with van der Waals surface area (Å²) in [6.45, 7) is 1.73. The van der Waals surface area contributed by atoms with Crippen LogP contribution in [0.2, 0.25) is 0 Å². The average Bonchev–Trinajstić information content (AvgIpc) is 3.06. The maximum Gasteiger partial charge on any atom is 0.459 e. The molecule has 11 heteroatoms. The molecule has 1 aromatic heterocycles. The van der Waals surface area contributed by atoms with Crippen molar-refractivity contribution < 1.29 is 30.4 Å². The van der Waals surface area contributed by atoms with Crippen LogP contribution in [-0.4, -0.2) is 24.8 Å². The van der Waals surface area contributed by atoms with E-state index in [4.69, 9.17) is 5.14 Å². The molecule has 0 bridgehead atoms. The van der Waals surface area contributed by atoms with Gasteiger partial charge in [-0.1, -0.05) is 42.0 Å². The van der Waals surface area contributed by atoms with E-state index in [0.29, 0.717) is 0 Å². The van der Waals surface area contributed by atoms with Crippen LogP contribution in [0, 0.1) is 6.92 Å². The first-order valence-corrected chi connectivity index (χ1v) is 9.60. The Kier molecular flexibility index (Phi) is 4.99. The smallest absolute Gasteiger partial charge is 0.275 e. The van der Waals surface area contributed by atoms with E-state index >= 15 is 0 Å². The third-order valence-corrected chi connectivity index (χ3v) is 5.16. The fourth-order valence-electron chi connectivity index (χ4n) is 2.72. The van der Waals surface area contributed by atoms with E-state index in [1.54, 1.807) is 19.1 Å². The van der Waals surface area contributed by atoms with Crippen LogP contribution in [-0.2, 0) is 15.9 Å². The number of rotatable bonds is 4. The number of aromatic nitrogens is 2. The zero-order valence-electron chi connectivity index (χ0n) is 14.8. The molecular formula is C18H14F5N3O2S. The van der Waals surface area contributed by atoms with Gasteiger partial charge >= 0.3 is 12.1 Å². The monoisotopic (exact) mass is 431 g/mol. The maximum absolute atomic E-state index is 14.1. The van der Waals surface area contributed by atoms with Gasteiger partial charge in [0, 0.05) is 11.1 Å². The lowest BCUT2D eigenvalue weighted by atomic mass is 9.96. The van der Waals surface area contributed by atoms with Gasteiger partial charge in [-0.15, -0.1) is 0 Å². The number of sulfonamides is 1. The number of benzene rings is 2. The Morgan fingerprint density at radius 1 is 0.897 bits per heavy atom. The van der Waals surface area contributed by atoms with Crippen molar-refractivity contribution in [3.05, 3.63) is 59.8 Å². The number of H-pyrrole nitrogens is 1. The van der Waals surface area contributed by atoms with Crippen molar-refractivity contribution in [1.29, 1.82) is 0 Å². The summed E-state index contributed by atoms with van der Waals surface area (Å²) in [5, 5.41) is 10.5. The zero-order valence-corrected chi connectivity index (χ0v) is 15.6. The van der Waals surface area contributed by atoms with Crippen molar-refractivity contribution in [3.8, 4) is 22.4 Å². The molecule has 0 amide bonds. The Labute approximate surface area is 162 Å². The van der Waals surface area contributed by atoms with E-state index in [-0.39, 0.29) is 21.7 Å². The van der Waals surface area contributed by atoms with Crippen LogP contribution in [0.5, 0.6) is 0 Å². The quantitative estimate of drug-likeness (QED) is 0.602. The number of nitrogens with two attached hydrogens (primary N) is 1. The summed E-state index contributed by atoms with van der Waals surface area (Å²) in [4.78, 5) is -0.241. The molecular weight excluding hydrogens is 417 g/mol. The molecule has 3 N–H and O–H groups in total. The molecule has 0 saturated heterocycles. The average molecular weight is 431 g/mol. The second-order valence-corrected chi connectivity index (χ2v) is 7.89. The Hall–Kier alpha value is -2.79. The summed E-state index contributed by atoms with van der Waals surface area (Å²) in [7, 11) is -4.00. The van der Waals surface area contributed by atoms with Crippen molar-refractivity contribution >= 4 is 10.0 Å². The lowest BCUT2D eigenvalue weighted by Crippen LogP contribution is -2.34. The molecule has 1 heterocycles. The second-order valence-electron chi connectivity index (χ2n) is 6.33. The van der Waals surface area contributed by atoms with Crippen LogP contribution >= 0.6 is 0 Å². The predicted octanol–water partition coefficient (Wildman–Crippen LogP) is 4.35. The number of nitrogens with zero attached hydrogens (tertiary/aromatic N) is 1. The summed E-state index contributed by atoms with van der Waals surface area (Å²) >= 11 is 0. The molecule has 0 aliphatic carbocycles. The molecule has 0 spiro atoms. The minimum absolute atomic E-state index is 0.0915. The highest BCUT2D eigenvalue weighted by Gasteiger charge is 2.61. The molecule has 2 aromatic carbocycles. The molecule has 0 fully saturated rings. The first-order chi connectivity index (χ1) is 13.3. The minimum atomic E-state index is -5.84. The largest absolute Gasteiger partial charge is 0.459 e. The third-order valence-electron chi connectivity index (χ3n) is 4.23. The first kappa shape index (κ1) is 20.9. The Balaban J connectivity index is 2.25. The van der Waals surface area contributed by atoms with Gasteiger partial charge in [0.2, 0.25) is 10.0 Å². The molecule has 0 atom stereocenters. The summed E-state index contributed by atoms with van der Waals surface area (Å²) in [6, 6.07) is 10.6. The van der Waals surface area contributed by atoms with Crippen LogP contribution < -0.4 is 5.14 Å². The topological polar surface area (TPSA) is 88.8 Å². The first-order valence-electron chi connectivity index (χ1n) is 8.06. The van der Waals surface area contributed by atoms with Crippen LogP contribution in [0.1, 0.15) is 11.3 Å². The van der Waals surface area contributed by atoms with Gasteiger partial charge in [0.15, 0.2) is 0 Å². The lowest BCUT2D eigenvalue weighted by Gasteiger charge is -2.20. The highest BCUT2D eigenvalue weighted by Crippen LogP contribution is 2.48. The molecule has 29 heavy (non-hydrogen) atoms. The van der Waals surface area contributed by atoms with E-state index in [9.17, 15) is 30.4 Å². The lowest BCUT2D eigenvalue weighted by molar-refractivity contribution is -0.290. The molecule has 0 saturated carbocycles. The Morgan fingerprint density at radius 3 is 1.90 bits per heavy atom. The van der Waals surface area contributed by atoms with Gasteiger partial charge in [-0.3, -0.25) is 5.10 Å². The molecule has 154 valence electrons. The highest BCUT2D eigenvalue weighted by molar-refractivity contribution is 7.89. The number of aryl methyl sites for hydroxylation is 1. The van der Waals surface area contributed by atoms with Gasteiger partial charge in [0.25, 0.3) is 0 Å². The highest BCUT2D eigenvalue weighted by atomic mass is 32.2. The van der Waals surface area contributed by atoms with Gasteiger partial charge in [-0.25, -0.2) is 13.6 Å². The second kappa shape index (κ2) is 6.92. The van der Waals surface area contributed by atoms with Crippen LogP contribution in [0.3, 0.4) is 0 Å². The number of aromatic amines is 1. The SMILES string of the molecule is Cc1ccc(-c2c(-c3ccc(S(N)(=O)=O)cc3)n[nH]c2C(F)(F)C(F)(F)F)cc1. The number of hydrogen-bond donors (Lipinski definition) is 2. The summed E-state index contributed by atoms with van der Waals surface area (Å²) in [6.07, 6.45) is -5.84. The van der Waals surface area contributed by atoms with Crippen molar-refractivity contribution in [2.45, 2.75) is 23.9 Å². The molecule has 0 aliphatic rings. The summed E-state index contributed by atoms with van der Waals surface area (Å²) in [5.74, 6) is -5.18. The zero-order chi connectivity index (χ0) is 21.6. The van der Waals surface area contributed by atoms with Crippen LogP contribution in [0.4, 0.5) is 22.0 Å². The summed E-state index contributed by atoms with van der Waals surface area (Å²) < 4.78 is 90.0. The Morgan fingerprint density at radius 2 is 1.41 bits per heavy atom. The van der Waals surface area contributed by atoms with E-state index < -0.39 is 33.4 Å². The van der Waals surface area contributed by atoms with Crippen LogP contribution in [0.15, 0.2) is 53.4 Å². The Bertz CT molecular complexity index is 1140. The van der Waals surface area contributed by atoms with Gasteiger partial charge < -0.3 is 0 Å².